The van der Waals surface area contributed by atoms with Crippen molar-refractivity contribution in [1.82, 2.24) is 10.6 Å². The van der Waals surface area contributed by atoms with Crippen molar-refractivity contribution in [2.24, 2.45) is 0 Å². The zero-order valence-electron chi connectivity index (χ0n) is 11.3. The first-order chi connectivity index (χ1) is 9.74. The third kappa shape index (κ3) is 2.67. The maximum absolute atomic E-state index is 12.5. The lowest BCUT2D eigenvalue weighted by Crippen LogP contribution is -2.45. The Balaban J connectivity index is 1.75. The van der Waals surface area contributed by atoms with Crippen molar-refractivity contribution in [3.63, 3.8) is 0 Å². The van der Waals surface area contributed by atoms with E-state index in [0.29, 0.717) is 0 Å². The number of nitrogens with one attached hydrogen (secondary N) is 3. The minimum absolute atomic E-state index is 0.0285. The monoisotopic (exact) mass is 273 g/mol. The summed E-state index contributed by atoms with van der Waals surface area (Å²) in [4.78, 5) is 24.2. The molecule has 0 aromatic heterocycles. The summed E-state index contributed by atoms with van der Waals surface area (Å²) < 4.78 is 0. The van der Waals surface area contributed by atoms with E-state index in [2.05, 4.69) is 16.0 Å². The van der Waals surface area contributed by atoms with E-state index in [9.17, 15) is 9.59 Å². The molecule has 0 saturated carbocycles. The Bertz CT molecular complexity index is 524. The number of benzene rings is 1. The number of rotatable bonds is 2. The lowest BCUT2D eigenvalue weighted by molar-refractivity contribution is -0.127. The van der Waals surface area contributed by atoms with Gasteiger partial charge in [0.25, 0.3) is 0 Å². The number of carbonyl (C=O) groups is 2. The lowest BCUT2D eigenvalue weighted by atomic mass is 9.89. The number of hydrogen-bond acceptors (Lipinski definition) is 3. The third-order valence-electron chi connectivity index (χ3n) is 4.00. The summed E-state index contributed by atoms with van der Waals surface area (Å²) in [5.74, 6) is -0.483. The summed E-state index contributed by atoms with van der Waals surface area (Å²) >= 11 is 0. The van der Waals surface area contributed by atoms with E-state index in [1.165, 1.54) is 0 Å². The number of fused-ring (bicyclic) bond motifs is 1. The zero-order valence-corrected chi connectivity index (χ0v) is 11.3. The average Bonchev–Trinajstić information content (AvgIpc) is 2.47. The Kier molecular flexibility index (Phi) is 3.69. The van der Waals surface area contributed by atoms with E-state index in [-0.39, 0.29) is 30.2 Å². The smallest absolute Gasteiger partial charge is 0.228 e. The van der Waals surface area contributed by atoms with Gasteiger partial charge in [0.15, 0.2) is 0 Å². The van der Waals surface area contributed by atoms with Gasteiger partial charge in [0.2, 0.25) is 11.8 Å². The van der Waals surface area contributed by atoms with Gasteiger partial charge >= 0.3 is 0 Å². The van der Waals surface area contributed by atoms with Crippen LogP contribution in [0.25, 0.3) is 0 Å². The summed E-state index contributed by atoms with van der Waals surface area (Å²) in [6, 6.07) is 7.76. The Labute approximate surface area is 118 Å². The molecule has 20 heavy (non-hydrogen) atoms. The minimum atomic E-state index is -0.366. The first kappa shape index (κ1) is 13.1. The molecule has 5 nitrogen and oxygen atoms in total. The van der Waals surface area contributed by atoms with Crippen molar-refractivity contribution in [2.45, 2.75) is 31.2 Å². The number of piperidine rings is 1. The Morgan fingerprint density at radius 3 is 2.75 bits per heavy atom. The van der Waals surface area contributed by atoms with Crippen LogP contribution in [0.1, 0.15) is 30.7 Å². The number of anilines is 1. The van der Waals surface area contributed by atoms with Crippen LogP contribution in [0.5, 0.6) is 0 Å². The molecule has 5 heteroatoms. The second-order valence-electron chi connectivity index (χ2n) is 5.42. The highest BCUT2D eigenvalue weighted by molar-refractivity contribution is 6.01. The second-order valence-corrected chi connectivity index (χ2v) is 5.42. The summed E-state index contributed by atoms with van der Waals surface area (Å²) in [6.45, 7) is 1.87. The SMILES string of the molecule is O=C1CC(C(=O)NC2CCNCC2)c2ccccc2N1. The molecule has 0 spiro atoms. The molecule has 106 valence electrons. The number of amides is 2. The van der Waals surface area contributed by atoms with Gasteiger partial charge in [0.1, 0.15) is 0 Å². The molecule has 1 saturated heterocycles. The topological polar surface area (TPSA) is 70.2 Å². The summed E-state index contributed by atoms with van der Waals surface area (Å²) in [6.07, 6.45) is 2.13. The first-order valence-corrected chi connectivity index (χ1v) is 7.14. The van der Waals surface area contributed by atoms with Crippen LogP contribution in [0.4, 0.5) is 5.69 Å². The molecule has 3 N–H and O–H groups in total. The fourth-order valence-corrected chi connectivity index (χ4v) is 2.91. The second kappa shape index (κ2) is 5.63. The normalized spacial score (nSPS) is 22.8. The maximum Gasteiger partial charge on any atom is 0.228 e. The zero-order chi connectivity index (χ0) is 13.9. The molecule has 1 unspecified atom stereocenters. The largest absolute Gasteiger partial charge is 0.353 e. The summed E-state index contributed by atoms with van der Waals surface area (Å²) in [7, 11) is 0. The number of para-hydroxylation sites is 1. The fraction of sp³-hybridized carbons (Fsp3) is 0.467. The van der Waals surface area contributed by atoms with Gasteiger partial charge in [-0.25, -0.2) is 0 Å². The first-order valence-electron chi connectivity index (χ1n) is 7.14. The van der Waals surface area contributed by atoms with Gasteiger partial charge in [0, 0.05) is 18.2 Å². The van der Waals surface area contributed by atoms with Crippen LogP contribution in [-0.4, -0.2) is 30.9 Å². The van der Waals surface area contributed by atoms with Crippen molar-refractivity contribution in [3.8, 4) is 0 Å². The van der Waals surface area contributed by atoms with E-state index in [1.54, 1.807) is 0 Å². The van der Waals surface area contributed by atoms with Gasteiger partial charge in [0.05, 0.1) is 5.92 Å². The van der Waals surface area contributed by atoms with Crippen molar-refractivity contribution >= 4 is 17.5 Å². The molecule has 1 aromatic rings. The Morgan fingerprint density at radius 2 is 1.95 bits per heavy atom. The van der Waals surface area contributed by atoms with E-state index in [0.717, 1.165) is 37.2 Å². The van der Waals surface area contributed by atoms with Crippen LogP contribution in [0.15, 0.2) is 24.3 Å². The standard InChI is InChI=1S/C15H19N3O2/c19-14-9-12(11-3-1-2-4-13(11)18-14)15(20)17-10-5-7-16-8-6-10/h1-4,10,12,16H,5-9H2,(H,17,20)(H,18,19). The molecule has 2 aliphatic rings. The van der Waals surface area contributed by atoms with Crippen molar-refractivity contribution in [3.05, 3.63) is 29.8 Å². The molecule has 2 aliphatic heterocycles. The van der Waals surface area contributed by atoms with Crippen LogP contribution >= 0.6 is 0 Å². The molecule has 1 fully saturated rings. The summed E-state index contributed by atoms with van der Waals surface area (Å²) in [5.41, 5.74) is 1.67. The van der Waals surface area contributed by atoms with Crippen molar-refractivity contribution < 1.29 is 9.59 Å². The quantitative estimate of drug-likeness (QED) is 0.752. The molecule has 3 rings (SSSR count). The molecule has 0 aliphatic carbocycles. The Morgan fingerprint density at radius 1 is 1.20 bits per heavy atom. The fourth-order valence-electron chi connectivity index (χ4n) is 2.91. The predicted octanol–water partition coefficient (Wildman–Crippen LogP) is 0.981. The average molecular weight is 273 g/mol. The maximum atomic E-state index is 12.5. The molecular weight excluding hydrogens is 254 g/mol. The van der Waals surface area contributed by atoms with Crippen LogP contribution in [0.3, 0.4) is 0 Å². The van der Waals surface area contributed by atoms with E-state index in [1.807, 2.05) is 24.3 Å². The van der Waals surface area contributed by atoms with Crippen LogP contribution in [0.2, 0.25) is 0 Å². The number of hydrogen-bond donors (Lipinski definition) is 3. The molecule has 1 atom stereocenters. The molecule has 1 aromatic carbocycles. The van der Waals surface area contributed by atoms with Gasteiger partial charge in [-0.1, -0.05) is 18.2 Å². The molecule has 2 amide bonds. The highest BCUT2D eigenvalue weighted by Crippen LogP contribution is 2.32. The van der Waals surface area contributed by atoms with Crippen LogP contribution in [-0.2, 0) is 9.59 Å². The van der Waals surface area contributed by atoms with Crippen molar-refractivity contribution in [1.29, 1.82) is 0 Å². The van der Waals surface area contributed by atoms with E-state index < -0.39 is 0 Å². The van der Waals surface area contributed by atoms with Crippen LogP contribution in [0, 0.1) is 0 Å². The third-order valence-corrected chi connectivity index (χ3v) is 4.00. The highest BCUT2D eigenvalue weighted by Gasteiger charge is 2.31. The van der Waals surface area contributed by atoms with Gasteiger partial charge in [-0.15, -0.1) is 0 Å². The highest BCUT2D eigenvalue weighted by atomic mass is 16.2. The van der Waals surface area contributed by atoms with E-state index >= 15 is 0 Å². The van der Waals surface area contributed by atoms with E-state index in [4.69, 9.17) is 0 Å². The lowest BCUT2D eigenvalue weighted by Gasteiger charge is -2.29. The number of carbonyl (C=O) groups excluding carboxylic acids is 2. The van der Waals surface area contributed by atoms with Gasteiger partial charge in [-0.2, -0.15) is 0 Å². The van der Waals surface area contributed by atoms with Crippen molar-refractivity contribution in [2.75, 3.05) is 18.4 Å². The van der Waals surface area contributed by atoms with Crippen LogP contribution < -0.4 is 16.0 Å². The minimum Gasteiger partial charge on any atom is -0.353 e. The predicted molar refractivity (Wildman–Crippen MR) is 76.5 cm³/mol. The molecule has 0 radical (unpaired) electrons. The van der Waals surface area contributed by atoms with Gasteiger partial charge in [-0.3, -0.25) is 9.59 Å². The summed E-state index contributed by atoms with van der Waals surface area (Å²) in [5, 5.41) is 9.19. The van der Waals surface area contributed by atoms with Gasteiger partial charge in [-0.05, 0) is 37.6 Å². The molecule has 2 heterocycles. The molecule has 0 bridgehead atoms. The van der Waals surface area contributed by atoms with Gasteiger partial charge < -0.3 is 16.0 Å². The molecular formula is C15H19N3O2. The Hall–Kier alpha value is -1.88.